The fourth-order valence-electron chi connectivity index (χ4n) is 2.20. The van der Waals surface area contributed by atoms with Gasteiger partial charge < -0.3 is 15.2 Å². The standard InChI is InChI=1S/C17H24N4O3S/c1-13(9-10-25(3,22)23)20-17(18-2)19-12-15-11-16(24-21-15)14-7-5-4-6-8-14/h4-8,11,13H,9-10,12H2,1-3H3,(H2,18,19,20). The van der Waals surface area contributed by atoms with E-state index >= 15 is 0 Å². The second-order valence-electron chi connectivity index (χ2n) is 5.94. The molecule has 0 amide bonds. The van der Waals surface area contributed by atoms with Crippen LogP contribution in [0, 0.1) is 0 Å². The molecule has 2 N–H and O–H groups in total. The fourth-order valence-corrected chi connectivity index (χ4v) is 2.98. The van der Waals surface area contributed by atoms with Gasteiger partial charge in [0.05, 0.1) is 12.3 Å². The Kier molecular flexibility index (Phi) is 6.58. The van der Waals surface area contributed by atoms with Crippen LogP contribution in [0.3, 0.4) is 0 Å². The van der Waals surface area contributed by atoms with Gasteiger partial charge in [0.15, 0.2) is 11.7 Å². The first-order valence-electron chi connectivity index (χ1n) is 8.03. The topological polar surface area (TPSA) is 96.6 Å². The Bertz CT molecular complexity index is 800. The number of aliphatic imine (C=N–C) groups is 1. The number of rotatable bonds is 7. The van der Waals surface area contributed by atoms with Crippen LogP contribution in [0.2, 0.25) is 0 Å². The predicted octanol–water partition coefficient (Wildman–Crippen LogP) is 1.83. The molecular weight excluding hydrogens is 340 g/mol. The quantitative estimate of drug-likeness (QED) is 0.575. The summed E-state index contributed by atoms with van der Waals surface area (Å²) in [6.07, 6.45) is 1.75. The number of benzene rings is 1. The lowest BCUT2D eigenvalue weighted by Crippen LogP contribution is -2.42. The van der Waals surface area contributed by atoms with Gasteiger partial charge >= 0.3 is 0 Å². The van der Waals surface area contributed by atoms with Gasteiger partial charge in [-0.1, -0.05) is 35.5 Å². The molecule has 0 aliphatic rings. The largest absolute Gasteiger partial charge is 0.356 e. The lowest BCUT2D eigenvalue weighted by Gasteiger charge is -2.17. The molecule has 25 heavy (non-hydrogen) atoms. The van der Waals surface area contributed by atoms with E-state index in [4.69, 9.17) is 4.52 Å². The number of sulfone groups is 1. The minimum absolute atomic E-state index is 0.0156. The molecule has 1 heterocycles. The van der Waals surface area contributed by atoms with E-state index in [1.54, 1.807) is 7.05 Å². The lowest BCUT2D eigenvalue weighted by atomic mass is 10.2. The molecule has 0 aliphatic carbocycles. The van der Waals surface area contributed by atoms with Gasteiger partial charge in [-0.3, -0.25) is 4.99 Å². The van der Waals surface area contributed by atoms with Gasteiger partial charge in [-0.15, -0.1) is 0 Å². The number of guanidine groups is 1. The molecule has 2 rings (SSSR count). The average Bonchev–Trinajstić information content (AvgIpc) is 3.06. The summed E-state index contributed by atoms with van der Waals surface area (Å²) in [4.78, 5) is 4.14. The molecule has 2 aromatic rings. The van der Waals surface area contributed by atoms with Crippen LogP contribution in [0.25, 0.3) is 11.3 Å². The van der Waals surface area contributed by atoms with Crippen molar-refractivity contribution >= 4 is 15.8 Å². The van der Waals surface area contributed by atoms with E-state index in [-0.39, 0.29) is 11.8 Å². The van der Waals surface area contributed by atoms with Crippen LogP contribution in [0.4, 0.5) is 0 Å². The highest BCUT2D eigenvalue weighted by Gasteiger charge is 2.11. The van der Waals surface area contributed by atoms with E-state index in [2.05, 4.69) is 20.8 Å². The van der Waals surface area contributed by atoms with E-state index < -0.39 is 9.84 Å². The van der Waals surface area contributed by atoms with E-state index in [1.807, 2.05) is 43.3 Å². The molecule has 0 saturated carbocycles. The Morgan fingerprint density at radius 1 is 1.32 bits per heavy atom. The zero-order chi connectivity index (χ0) is 18.3. The van der Waals surface area contributed by atoms with Crippen LogP contribution in [-0.2, 0) is 16.4 Å². The Balaban J connectivity index is 1.86. The van der Waals surface area contributed by atoms with Crippen molar-refractivity contribution in [2.45, 2.75) is 25.9 Å². The van der Waals surface area contributed by atoms with Crippen LogP contribution in [-0.4, -0.2) is 44.6 Å². The highest BCUT2D eigenvalue weighted by molar-refractivity contribution is 7.90. The van der Waals surface area contributed by atoms with Gasteiger partial charge in [-0.2, -0.15) is 0 Å². The molecule has 8 heteroatoms. The van der Waals surface area contributed by atoms with Crippen LogP contribution < -0.4 is 10.6 Å². The van der Waals surface area contributed by atoms with Gasteiger partial charge in [-0.05, 0) is 13.3 Å². The molecule has 1 atom stereocenters. The SMILES string of the molecule is CN=C(NCc1cc(-c2ccccc2)on1)NC(C)CCS(C)(=O)=O. The second-order valence-corrected chi connectivity index (χ2v) is 8.20. The molecule has 0 saturated heterocycles. The van der Waals surface area contributed by atoms with Crippen molar-refractivity contribution in [1.29, 1.82) is 0 Å². The summed E-state index contributed by atoms with van der Waals surface area (Å²) >= 11 is 0. The summed E-state index contributed by atoms with van der Waals surface area (Å²) in [5.74, 6) is 1.44. The van der Waals surface area contributed by atoms with E-state index in [1.165, 1.54) is 6.26 Å². The number of aromatic nitrogens is 1. The van der Waals surface area contributed by atoms with Crippen molar-refractivity contribution in [2.75, 3.05) is 19.1 Å². The lowest BCUT2D eigenvalue weighted by molar-refractivity contribution is 0.422. The molecule has 7 nitrogen and oxygen atoms in total. The third kappa shape index (κ3) is 6.58. The van der Waals surface area contributed by atoms with Crippen molar-refractivity contribution in [3.63, 3.8) is 0 Å². The number of hydrogen-bond donors (Lipinski definition) is 2. The second kappa shape index (κ2) is 8.66. The van der Waals surface area contributed by atoms with Gasteiger partial charge in [0.2, 0.25) is 0 Å². The van der Waals surface area contributed by atoms with Crippen LogP contribution >= 0.6 is 0 Å². The summed E-state index contributed by atoms with van der Waals surface area (Å²) in [6.45, 7) is 2.37. The number of nitrogens with one attached hydrogen (secondary N) is 2. The van der Waals surface area contributed by atoms with Gasteiger partial charge in [0.1, 0.15) is 15.5 Å². The Labute approximate surface area is 148 Å². The fraction of sp³-hybridized carbons (Fsp3) is 0.412. The van der Waals surface area contributed by atoms with Crippen LogP contribution in [0.5, 0.6) is 0 Å². The summed E-state index contributed by atoms with van der Waals surface area (Å²) in [5.41, 5.74) is 1.73. The normalized spacial score (nSPS) is 13.5. The highest BCUT2D eigenvalue weighted by Crippen LogP contribution is 2.19. The molecule has 0 spiro atoms. The average molecular weight is 364 g/mol. The van der Waals surface area contributed by atoms with Crippen molar-refractivity contribution in [1.82, 2.24) is 15.8 Å². The van der Waals surface area contributed by atoms with Crippen LogP contribution in [0.1, 0.15) is 19.0 Å². The number of nitrogens with zero attached hydrogens (tertiary/aromatic N) is 2. The molecule has 1 aromatic carbocycles. The maximum atomic E-state index is 11.2. The van der Waals surface area contributed by atoms with Gasteiger partial charge in [0.25, 0.3) is 0 Å². The smallest absolute Gasteiger partial charge is 0.191 e. The minimum Gasteiger partial charge on any atom is -0.356 e. The Morgan fingerprint density at radius 2 is 2.04 bits per heavy atom. The third-order valence-corrected chi connectivity index (χ3v) is 4.56. The molecule has 0 bridgehead atoms. The first kappa shape index (κ1) is 19.0. The zero-order valence-electron chi connectivity index (χ0n) is 14.7. The van der Waals surface area contributed by atoms with Crippen molar-refractivity contribution in [3.05, 3.63) is 42.1 Å². The zero-order valence-corrected chi connectivity index (χ0v) is 15.5. The molecular formula is C17H24N4O3S. The summed E-state index contributed by atoms with van der Waals surface area (Å²) in [5, 5.41) is 10.4. The number of hydrogen-bond acceptors (Lipinski definition) is 5. The van der Waals surface area contributed by atoms with Gasteiger partial charge in [-0.25, -0.2) is 8.42 Å². The van der Waals surface area contributed by atoms with E-state index in [0.717, 1.165) is 11.3 Å². The maximum Gasteiger partial charge on any atom is 0.191 e. The molecule has 1 unspecified atom stereocenters. The monoisotopic (exact) mass is 364 g/mol. The third-order valence-electron chi connectivity index (χ3n) is 3.58. The van der Waals surface area contributed by atoms with Crippen LogP contribution in [0.15, 0.2) is 45.9 Å². The summed E-state index contributed by atoms with van der Waals surface area (Å²) < 4.78 is 27.8. The first-order valence-corrected chi connectivity index (χ1v) is 10.1. The Hall–Kier alpha value is -2.35. The first-order chi connectivity index (χ1) is 11.9. The summed E-state index contributed by atoms with van der Waals surface area (Å²) in [7, 11) is -1.30. The Morgan fingerprint density at radius 3 is 2.68 bits per heavy atom. The summed E-state index contributed by atoms with van der Waals surface area (Å²) in [6, 6.07) is 11.6. The van der Waals surface area contributed by atoms with Crippen molar-refractivity contribution in [2.24, 2.45) is 4.99 Å². The molecule has 1 aromatic heterocycles. The highest BCUT2D eigenvalue weighted by atomic mass is 32.2. The predicted molar refractivity (Wildman–Crippen MR) is 99.1 cm³/mol. The maximum absolute atomic E-state index is 11.2. The van der Waals surface area contributed by atoms with Gasteiger partial charge in [0, 0.05) is 31.0 Å². The van der Waals surface area contributed by atoms with Crippen molar-refractivity contribution in [3.8, 4) is 11.3 Å². The minimum atomic E-state index is -2.96. The molecule has 136 valence electrons. The molecule has 0 aliphatic heterocycles. The molecule has 0 fully saturated rings. The van der Waals surface area contributed by atoms with Crippen molar-refractivity contribution < 1.29 is 12.9 Å². The molecule has 0 radical (unpaired) electrons. The van der Waals surface area contributed by atoms with E-state index in [9.17, 15) is 8.42 Å². The van der Waals surface area contributed by atoms with E-state index in [0.29, 0.717) is 24.7 Å².